The van der Waals surface area contributed by atoms with Gasteiger partial charge in [-0.2, -0.15) is 0 Å². The summed E-state index contributed by atoms with van der Waals surface area (Å²) in [6, 6.07) is 8.32. The maximum absolute atomic E-state index is 12.2. The zero-order valence-electron chi connectivity index (χ0n) is 11.8. The van der Waals surface area contributed by atoms with Crippen LogP contribution in [-0.2, 0) is 11.3 Å². The Balaban J connectivity index is 1.86. The summed E-state index contributed by atoms with van der Waals surface area (Å²) in [5.41, 5.74) is 7.67. The molecule has 1 saturated carbocycles. The normalized spacial score (nSPS) is 14.7. The summed E-state index contributed by atoms with van der Waals surface area (Å²) in [6.07, 6.45) is 2.33. The van der Waals surface area contributed by atoms with Crippen LogP contribution in [0.4, 0.5) is 5.69 Å². The van der Waals surface area contributed by atoms with E-state index in [4.69, 9.17) is 5.73 Å². The van der Waals surface area contributed by atoms with Crippen molar-refractivity contribution >= 4 is 11.6 Å². The molecule has 0 aliphatic heterocycles. The summed E-state index contributed by atoms with van der Waals surface area (Å²) >= 11 is 0. The predicted octanol–water partition coefficient (Wildman–Crippen LogP) is 1.71. The highest BCUT2D eigenvalue weighted by atomic mass is 16.2. The highest BCUT2D eigenvalue weighted by Gasteiger charge is 2.31. The second-order valence-corrected chi connectivity index (χ2v) is 5.33. The van der Waals surface area contributed by atoms with E-state index in [1.807, 2.05) is 48.0 Å². The summed E-state index contributed by atoms with van der Waals surface area (Å²) < 4.78 is 0. The fourth-order valence-corrected chi connectivity index (χ4v) is 2.41. The van der Waals surface area contributed by atoms with E-state index >= 15 is 0 Å². The molecule has 1 aromatic carbocycles. The van der Waals surface area contributed by atoms with Gasteiger partial charge in [-0.1, -0.05) is 12.1 Å². The third kappa shape index (κ3) is 3.96. The van der Waals surface area contributed by atoms with E-state index in [1.165, 1.54) is 12.8 Å². The van der Waals surface area contributed by atoms with Crippen LogP contribution in [0, 0.1) is 0 Å². The van der Waals surface area contributed by atoms with Crippen molar-refractivity contribution in [1.82, 2.24) is 9.80 Å². The van der Waals surface area contributed by atoms with Crippen LogP contribution in [0.15, 0.2) is 24.3 Å². The van der Waals surface area contributed by atoms with Crippen LogP contribution < -0.4 is 5.73 Å². The van der Waals surface area contributed by atoms with E-state index in [-0.39, 0.29) is 5.91 Å². The van der Waals surface area contributed by atoms with Gasteiger partial charge in [-0.05, 0) is 44.5 Å². The van der Waals surface area contributed by atoms with Gasteiger partial charge in [0.2, 0.25) is 5.91 Å². The number of amides is 1. The van der Waals surface area contributed by atoms with Crippen LogP contribution in [0.25, 0.3) is 0 Å². The van der Waals surface area contributed by atoms with Gasteiger partial charge < -0.3 is 10.6 Å². The second-order valence-electron chi connectivity index (χ2n) is 5.33. The zero-order chi connectivity index (χ0) is 13.8. The molecule has 0 spiro atoms. The Morgan fingerprint density at radius 1 is 1.42 bits per heavy atom. The van der Waals surface area contributed by atoms with Gasteiger partial charge in [0.15, 0.2) is 0 Å². The largest absolute Gasteiger partial charge is 0.399 e. The van der Waals surface area contributed by atoms with Crippen molar-refractivity contribution in [3.8, 4) is 0 Å². The molecule has 4 nitrogen and oxygen atoms in total. The van der Waals surface area contributed by atoms with Crippen LogP contribution in [-0.4, -0.2) is 41.9 Å². The molecule has 0 heterocycles. The van der Waals surface area contributed by atoms with Gasteiger partial charge in [-0.25, -0.2) is 0 Å². The Labute approximate surface area is 115 Å². The molecule has 1 amide bonds. The number of benzene rings is 1. The molecule has 0 saturated heterocycles. The fourth-order valence-electron chi connectivity index (χ4n) is 2.41. The van der Waals surface area contributed by atoms with E-state index in [0.29, 0.717) is 12.6 Å². The fraction of sp³-hybridized carbons (Fsp3) is 0.533. The lowest BCUT2D eigenvalue weighted by Crippen LogP contribution is -2.40. The maximum Gasteiger partial charge on any atom is 0.236 e. The monoisotopic (exact) mass is 261 g/mol. The Kier molecular flexibility index (Phi) is 4.43. The number of carbonyl (C=O) groups is 1. The molecule has 4 heteroatoms. The first kappa shape index (κ1) is 13.9. The topological polar surface area (TPSA) is 49.6 Å². The number of nitrogen functional groups attached to an aromatic ring is 1. The molecule has 1 aromatic rings. The minimum absolute atomic E-state index is 0.233. The summed E-state index contributed by atoms with van der Waals surface area (Å²) in [6.45, 7) is 4.09. The van der Waals surface area contributed by atoms with E-state index in [1.54, 1.807) is 0 Å². The minimum Gasteiger partial charge on any atom is -0.399 e. The number of anilines is 1. The molecule has 19 heavy (non-hydrogen) atoms. The Morgan fingerprint density at radius 2 is 2.16 bits per heavy atom. The molecule has 104 valence electrons. The standard InChI is InChI=1S/C15H23N3O/c1-3-18(14-7-8-14)15(19)11-17(2)10-12-5-4-6-13(16)9-12/h4-6,9,14H,3,7-8,10-11,16H2,1-2H3. The lowest BCUT2D eigenvalue weighted by molar-refractivity contribution is -0.132. The third-order valence-electron chi connectivity index (χ3n) is 3.46. The summed E-state index contributed by atoms with van der Waals surface area (Å²) in [5, 5.41) is 0. The molecule has 2 rings (SSSR count). The number of likely N-dealkylation sites (N-methyl/N-ethyl adjacent to an activating group) is 2. The van der Waals surface area contributed by atoms with E-state index in [0.717, 1.165) is 24.3 Å². The average Bonchev–Trinajstić information content (AvgIpc) is 3.14. The van der Waals surface area contributed by atoms with Crippen molar-refractivity contribution in [3.05, 3.63) is 29.8 Å². The smallest absolute Gasteiger partial charge is 0.236 e. The van der Waals surface area contributed by atoms with Gasteiger partial charge in [0.1, 0.15) is 0 Å². The summed E-state index contributed by atoms with van der Waals surface area (Å²) in [5.74, 6) is 0.233. The van der Waals surface area contributed by atoms with Gasteiger partial charge in [0, 0.05) is 24.8 Å². The Hall–Kier alpha value is -1.55. The SMILES string of the molecule is CCN(C(=O)CN(C)Cc1cccc(N)c1)C1CC1. The van der Waals surface area contributed by atoms with Crippen molar-refractivity contribution in [2.24, 2.45) is 0 Å². The number of hydrogen-bond donors (Lipinski definition) is 1. The van der Waals surface area contributed by atoms with Gasteiger partial charge in [0.05, 0.1) is 6.54 Å². The number of nitrogens with two attached hydrogens (primary N) is 1. The molecule has 2 N–H and O–H groups in total. The third-order valence-corrected chi connectivity index (χ3v) is 3.46. The van der Waals surface area contributed by atoms with Crippen LogP contribution >= 0.6 is 0 Å². The van der Waals surface area contributed by atoms with Crippen molar-refractivity contribution in [3.63, 3.8) is 0 Å². The number of hydrogen-bond acceptors (Lipinski definition) is 3. The molecule has 0 bridgehead atoms. The van der Waals surface area contributed by atoms with Crippen molar-refractivity contribution < 1.29 is 4.79 Å². The molecular formula is C15H23N3O. The van der Waals surface area contributed by atoms with E-state index < -0.39 is 0 Å². The highest BCUT2D eigenvalue weighted by molar-refractivity contribution is 5.78. The summed E-state index contributed by atoms with van der Waals surface area (Å²) in [4.78, 5) is 16.2. The Bertz CT molecular complexity index is 443. The first-order chi connectivity index (χ1) is 9.10. The first-order valence-corrected chi connectivity index (χ1v) is 6.92. The molecule has 1 fully saturated rings. The quantitative estimate of drug-likeness (QED) is 0.793. The Morgan fingerprint density at radius 3 is 2.74 bits per heavy atom. The van der Waals surface area contributed by atoms with Crippen molar-refractivity contribution in [1.29, 1.82) is 0 Å². The van der Waals surface area contributed by atoms with Gasteiger partial charge in [0.25, 0.3) is 0 Å². The molecule has 0 aromatic heterocycles. The minimum atomic E-state index is 0.233. The van der Waals surface area contributed by atoms with Crippen LogP contribution in [0.5, 0.6) is 0 Å². The number of rotatable bonds is 6. The van der Waals surface area contributed by atoms with Crippen LogP contribution in [0.3, 0.4) is 0 Å². The molecule has 0 atom stereocenters. The average molecular weight is 261 g/mol. The van der Waals surface area contributed by atoms with E-state index in [2.05, 4.69) is 0 Å². The van der Waals surface area contributed by atoms with E-state index in [9.17, 15) is 4.79 Å². The number of carbonyl (C=O) groups excluding carboxylic acids is 1. The van der Waals surface area contributed by atoms with Gasteiger partial charge in [-0.15, -0.1) is 0 Å². The number of nitrogens with zero attached hydrogens (tertiary/aromatic N) is 2. The van der Waals surface area contributed by atoms with Crippen molar-refractivity contribution in [2.45, 2.75) is 32.4 Å². The van der Waals surface area contributed by atoms with Crippen molar-refractivity contribution in [2.75, 3.05) is 25.9 Å². The predicted molar refractivity (Wildman–Crippen MR) is 77.6 cm³/mol. The molecule has 1 aliphatic carbocycles. The molecule has 0 radical (unpaired) electrons. The second kappa shape index (κ2) is 6.06. The van der Waals surface area contributed by atoms with Crippen LogP contribution in [0.2, 0.25) is 0 Å². The molecule has 0 unspecified atom stereocenters. The lowest BCUT2D eigenvalue weighted by Gasteiger charge is -2.24. The van der Waals surface area contributed by atoms with Gasteiger partial charge >= 0.3 is 0 Å². The lowest BCUT2D eigenvalue weighted by atomic mass is 10.2. The molecular weight excluding hydrogens is 238 g/mol. The molecule has 1 aliphatic rings. The van der Waals surface area contributed by atoms with Gasteiger partial charge in [-0.3, -0.25) is 9.69 Å². The zero-order valence-corrected chi connectivity index (χ0v) is 11.8. The van der Waals surface area contributed by atoms with Crippen LogP contribution in [0.1, 0.15) is 25.3 Å². The maximum atomic E-state index is 12.2. The highest BCUT2D eigenvalue weighted by Crippen LogP contribution is 2.26. The first-order valence-electron chi connectivity index (χ1n) is 6.92. The summed E-state index contributed by atoms with van der Waals surface area (Å²) in [7, 11) is 1.97.